The molecule has 1 rings (SSSR count). The molecule has 4 N–H and O–H groups in total. The molecule has 0 radical (unpaired) electrons. The van der Waals surface area contributed by atoms with Crippen molar-refractivity contribution in [2.24, 2.45) is 16.6 Å². The van der Waals surface area contributed by atoms with E-state index in [9.17, 15) is 18.4 Å². The molecule has 0 aliphatic carbocycles. The van der Waals surface area contributed by atoms with Crippen molar-refractivity contribution in [3.8, 4) is 0 Å². The number of amides is 1. The summed E-state index contributed by atoms with van der Waals surface area (Å²) in [6.45, 7) is 0.0839. The first-order valence-corrected chi connectivity index (χ1v) is 5.69. The van der Waals surface area contributed by atoms with Crippen LogP contribution in [0.5, 0.6) is 0 Å². The maximum atomic E-state index is 13.5. The van der Waals surface area contributed by atoms with Crippen molar-refractivity contribution in [2.75, 3.05) is 6.54 Å². The lowest BCUT2D eigenvalue weighted by Crippen LogP contribution is -2.18. The van der Waals surface area contributed by atoms with Gasteiger partial charge in [0.1, 0.15) is 17.3 Å². The summed E-state index contributed by atoms with van der Waals surface area (Å²) < 4.78 is 27.0. The van der Waals surface area contributed by atoms with Crippen LogP contribution in [-0.2, 0) is 4.79 Å². The molecule has 1 aromatic rings. The first-order valence-electron chi connectivity index (χ1n) is 5.69. The first-order chi connectivity index (χ1) is 9.90. The van der Waals surface area contributed by atoms with Crippen LogP contribution in [0.1, 0.15) is 16.8 Å². The molecule has 7 nitrogen and oxygen atoms in total. The SMILES string of the molecule is [N-]=[N+]=Nc1c(F)cc(C(=O)C=C(CCN)C(N)=O)cc1F. The molecule has 0 atom stereocenters. The molecule has 0 unspecified atom stereocenters. The summed E-state index contributed by atoms with van der Waals surface area (Å²) in [5, 5.41) is 2.84. The minimum Gasteiger partial charge on any atom is -0.366 e. The van der Waals surface area contributed by atoms with Crippen molar-refractivity contribution in [1.82, 2.24) is 0 Å². The Hall–Kier alpha value is -2.77. The van der Waals surface area contributed by atoms with Gasteiger partial charge in [-0.1, -0.05) is 5.11 Å². The number of primary amides is 1. The predicted molar refractivity (Wildman–Crippen MR) is 70.4 cm³/mol. The standard InChI is InChI=1S/C12H11F2N5O2/c13-8-3-7(4-9(14)11(8)18-19-17)10(20)5-6(1-2-15)12(16)21/h3-5H,1-2,15H2,(H2,16,21). The largest absolute Gasteiger partial charge is 0.366 e. The number of halogens is 2. The molecular weight excluding hydrogens is 284 g/mol. The van der Waals surface area contributed by atoms with Crippen molar-refractivity contribution in [3.63, 3.8) is 0 Å². The second kappa shape index (κ2) is 7.13. The normalized spacial score (nSPS) is 10.9. The molecule has 0 aliphatic rings. The fourth-order valence-corrected chi connectivity index (χ4v) is 1.51. The maximum absolute atomic E-state index is 13.5. The van der Waals surface area contributed by atoms with E-state index < -0.39 is 29.0 Å². The Morgan fingerprint density at radius 3 is 2.33 bits per heavy atom. The number of hydrogen-bond acceptors (Lipinski definition) is 4. The Balaban J connectivity index is 3.22. The molecule has 0 saturated heterocycles. The molecule has 9 heteroatoms. The molecule has 0 saturated carbocycles. The Kier molecular flexibility index (Phi) is 5.53. The highest BCUT2D eigenvalue weighted by Gasteiger charge is 2.15. The minimum absolute atomic E-state index is 0.0533. The third-order valence-corrected chi connectivity index (χ3v) is 2.48. The maximum Gasteiger partial charge on any atom is 0.244 e. The Morgan fingerprint density at radius 1 is 1.33 bits per heavy atom. The number of carbonyl (C=O) groups excluding carboxylic acids is 2. The van der Waals surface area contributed by atoms with E-state index in [0.29, 0.717) is 12.1 Å². The van der Waals surface area contributed by atoms with Gasteiger partial charge in [-0.3, -0.25) is 9.59 Å². The summed E-state index contributed by atoms with van der Waals surface area (Å²) in [5.74, 6) is -4.05. The molecule has 0 aromatic heterocycles. The average molecular weight is 295 g/mol. The van der Waals surface area contributed by atoms with Gasteiger partial charge >= 0.3 is 0 Å². The number of rotatable bonds is 6. The van der Waals surface area contributed by atoms with E-state index in [1.165, 1.54) is 0 Å². The quantitative estimate of drug-likeness (QED) is 0.272. The summed E-state index contributed by atoms with van der Waals surface area (Å²) in [6, 6.07) is 1.40. The molecule has 0 heterocycles. The highest BCUT2D eigenvalue weighted by atomic mass is 19.1. The van der Waals surface area contributed by atoms with Crippen molar-refractivity contribution in [2.45, 2.75) is 6.42 Å². The van der Waals surface area contributed by atoms with Gasteiger partial charge in [0.05, 0.1) is 0 Å². The lowest BCUT2D eigenvalue weighted by molar-refractivity contribution is -0.114. The van der Waals surface area contributed by atoms with E-state index in [2.05, 4.69) is 10.0 Å². The highest BCUT2D eigenvalue weighted by molar-refractivity contribution is 6.09. The molecule has 0 bridgehead atoms. The second-order valence-electron chi connectivity index (χ2n) is 3.91. The lowest BCUT2D eigenvalue weighted by Gasteiger charge is -2.04. The summed E-state index contributed by atoms with van der Waals surface area (Å²) in [7, 11) is 0. The first kappa shape index (κ1) is 16.3. The van der Waals surface area contributed by atoms with Crippen LogP contribution in [0.15, 0.2) is 28.9 Å². The third kappa shape index (κ3) is 4.10. The zero-order chi connectivity index (χ0) is 16.0. The minimum atomic E-state index is -1.19. The van der Waals surface area contributed by atoms with Crippen LogP contribution in [0.2, 0.25) is 0 Å². The summed E-state index contributed by atoms with van der Waals surface area (Å²) in [6.07, 6.45) is 0.930. The zero-order valence-corrected chi connectivity index (χ0v) is 10.7. The average Bonchev–Trinajstić information content (AvgIpc) is 2.41. The molecule has 0 fully saturated rings. The highest BCUT2D eigenvalue weighted by Crippen LogP contribution is 2.24. The van der Waals surface area contributed by atoms with Gasteiger partial charge in [0.2, 0.25) is 5.91 Å². The number of carbonyl (C=O) groups is 2. The van der Waals surface area contributed by atoms with Crippen LogP contribution in [-0.4, -0.2) is 18.2 Å². The van der Waals surface area contributed by atoms with Crippen molar-refractivity contribution in [3.05, 3.63) is 51.4 Å². The van der Waals surface area contributed by atoms with Gasteiger partial charge in [-0.05, 0) is 36.7 Å². The van der Waals surface area contributed by atoms with Crippen molar-refractivity contribution in [1.29, 1.82) is 0 Å². The fourth-order valence-electron chi connectivity index (χ4n) is 1.51. The fraction of sp³-hybridized carbons (Fsp3) is 0.167. The van der Waals surface area contributed by atoms with E-state index in [1.54, 1.807) is 0 Å². The Morgan fingerprint density at radius 2 is 1.90 bits per heavy atom. The van der Waals surface area contributed by atoms with Crippen LogP contribution in [0.25, 0.3) is 10.4 Å². The van der Waals surface area contributed by atoms with Gasteiger partial charge in [-0.2, -0.15) is 0 Å². The van der Waals surface area contributed by atoms with Crippen LogP contribution in [0, 0.1) is 11.6 Å². The van der Waals surface area contributed by atoms with E-state index in [0.717, 1.165) is 6.08 Å². The molecule has 1 aromatic carbocycles. The van der Waals surface area contributed by atoms with Gasteiger partial charge in [0.25, 0.3) is 0 Å². The summed E-state index contributed by atoms with van der Waals surface area (Å²) in [4.78, 5) is 25.2. The van der Waals surface area contributed by atoms with Crippen molar-refractivity contribution < 1.29 is 18.4 Å². The Labute approximate surface area is 117 Å². The number of benzene rings is 1. The number of nitrogens with zero attached hydrogens (tertiary/aromatic N) is 3. The van der Waals surface area contributed by atoms with E-state index in [4.69, 9.17) is 17.0 Å². The Bertz CT molecular complexity index is 643. The summed E-state index contributed by atoms with van der Waals surface area (Å²) in [5.41, 5.74) is 17.2. The molecular formula is C12H11F2N5O2. The van der Waals surface area contributed by atoms with E-state index >= 15 is 0 Å². The lowest BCUT2D eigenvalue weighted by atomic mass is 10.0. The molecule has 0 aliphatic heterocycles. The third-order valence-electron chi connectivity index (χ3n) is 2.48. The van der Waals surface area contributed by atoms with Crippen LogP contribution >= 0.6 is 0 Å². The van der Waals surface area contributed by atoms with E-state index in [-0.39, 0.29) is 24.1 Å². The molecule has 110 valence electrons. The van der Waals surface area contributed by atoms with Gasteiger partial charge < -0.3 is 11.5 Å². The van der Waals surface area contributed by atoms with Crippen LogP contribution in [0.4, 0.5) is 14.5 Å². The topological polar surface area (TPSA) is 135 Å². The number of azide groups is 1. The number of nitrogens with two attached hydrogens (primary N) is 2. The van der Waals surface area contributed by atoms with Crippen molar-refractivity contribution >= 4 is 17.4 Å². The molecule has 21 heavy (non-hydrogen) atoms. The second-order valence-corrected chi connectivity index (χ2v) is 3.91. The van der Waals surface area contributed by atoms with E-state index in [1.807, 2.05) is 0 Å². The van der Waals surface area contributed by atoms with Gasteiger partial charge in [-0.15, -0.1) is 0 Å². The number of ketones is 1. The van der Waals surface area contributed by atoms with Gasteiger partial charge in [0.15, 0.2) is 5.78 Å². The number of hydrogen-bond donors (Lipinski definition) is 2. The number of allylic oxidation sites excluding steroid dienone is 1. The van der Waals surface area contributed by atoms with Gasteiger partial charge in [0, 0.05) is 16.0 Å². The zero-order valence-electron chi connectivity index (χ0n) is 10.7. The summed E-state index contributed by atoms with van der Waals surface area (Å²) >= 11 is 0. The monoisotopic (exact) mass is 295 g/mol. The predicted octanol–water partition coefficient (Wildman–Crippen LogP) is 1.85. The smallest absolute Gasteiger partial charge is 0.244 e. The van der Waals surface area contributed by atoms with Crippen LogP contribution in [0.3, 0.4) is 0 Å². The van der Waals surface area contributed by atoms with Gasteiger partial charge in [-0.25, -0.2) is 8.78 Å². The van der Waals surface area contributed by atoms with Crippen LogP contribution < -0.4 is 11.5 Å². The molecule has 0 spiro atoms. The molecule has 1 amide bonds.